The van der Waals surface area contributed by atoms with E-state index in [9.17, 15) is 0 Å². The van der Waals surface area contributed by atoms with Crippen molar-refractivity contribution in [2.45, 2.75) is 51.2 Å². The molecule has 3 saturated heterocycles. The molecule has 1 N–H and O–H groups in total. The van der Waals surface area contributed by atoms with Crippen LogP contribution < -0.4 is 10.2 Å². The van der Waals surface area contributed by atoms with Crippen LogP contribution in [0.3, 0.4) is 0 Å². The molecule has 0 spiro atoms. The van der Waals surface area contributed by atoms with E-state index < -0.39 is 0 Å². The summed E-state index contributed by atoms with van der Waals surface area (Å²) in [5, 5.41) is 8.57. The lowest BCUT2D eigenvalue weighted by atomic mass is 9.99. The fraction of sp³-hybridized carbons (Fsp3) is 0.833. The molecule has 0 bridgehead atoms. The van der Waals surface area contributed by atoms with Gasteiger partial charge in [-0.1, -0.05) is 6.42 Å². The largest absolute Gasteiger partial charge is 0.378 e. The molecule has 4 rings (SSSR count). The van der Waals surface area contributed by atoms with E-state index >= 15 is 0 Å². The van der Waals surface area contributed by atoms with E-state index in [4.69, 9.17) is 9.84 Å². The topological polar surface area (TPSA) is 45.6 Å². The van der Waals surface area contributed by atoms with Crippen molar-refractivity contribution in [3.8, 4) is 0 Å². The van der Waals surface area contributed by atoms with Crippen molar-refractivity contribution in [2.24, 2.45) is 7.05 Å². The Kier molecular flexibility index (Phi) is 4.79. The Hall–Kier alpha value is -1.11. The van der Waals surface area contributed by atoms with Crippen LogP contribution in [0.4, 0.5) is 5.82 Å². The number of anilines is 1. The highest BCUT2D eigenvalue weighted by atomic mass is 16.5. The molecule has 0 aromatic carbocycles. The minimum atomic E-state index is 0.641. The molecule has 0 aliphatic carbocycles. The first-order valence-corrected chi connectivity index (χ1v) is 9.56. The normalized spacial score (nSPS) is 28.3. The number of nitrogens with one attached hydrogen (secondary N) is 1. The van der Waals surface area contributed by atoms with Gasteiger partial charge in [0.1, 0.15) is 5.82 Å². The molecular weight excluding hydrogens is 302 g/mol. The van der Waals surface area contributed by atoms with Crippen LogP contribution in [0.2, 0.25) is 0 Å². The lowest BCUT2D eigenvalue weighted by molar-refractivity contribution is 0.122. The second-order valence-corrected chi connectivity index (χ2v) is 7.49. The number of morpholine rings is 1. The van der Waals surface area contributed by atoms with Gasteiger partial charge in [0.2, 0.25) is 0 Å². The molecule has 6 heteroatoms. The molecule has 0 amide bonds. The average Bonchev–Trinajstić information content (AvgIpc) is 3.14. The monoisotopic (exact) mass is 333 g/mol. The van der Waals surface area contributed by atoms with Crippen LogP contribution >= 0.6 is 0 Å². The van der Waals surface area contributed by atoms with Crippen LogP contribution in [-0.4, -0.2) is 66.2 Å². The van der Waals surface area contributed by atoms with Crippen molar-refractivity contribution in [3.05, 3.63) is 11.3 Å². The van der Waals surface area contributed by atoms with Crippen molar-refractivity contribution in [1.82, 2.24) is 20.0 Å². The number of fused-ring (bicyclic) bond motifs is 1. The minimum Gasteiger partial charge on any atom is -0.378 e. The summed E-state index contributed by atoms with van der Waals surface area (Å²) in [6.45, 7) is 9.20. The third-order valence-electron chi connectivity index (χ3n) is 6.02. The summed E-state index contributed by atoms with van der Waals surface area (Å²) in [6, 6.07) is 1.39. The first-order valence-electron chi connectivity index (χ1n) is 9.56. The summed E-state index contributed by atoms with van der Waals surface area (Å²) in [5.74, 6) is 1.28. The molecule has 4 heterocycles. The number of ether oxygens (including phenoxy) is 1. The molecule has 0 radical (unpaired) electrons. The first kappa shape index (κ1) is 16.4. The Labute approximate surface area is 145 Å². The van der Waals surface area contributed by atoms with Crippen molar-refractivity contribution < 1.29 is 4.74 Å². The van der Waals surface area contributed by atoms with Gasteiger partial charge in [0, 0.05) is 50.9 Å². The van der Waals surface area contributed by atoms with Gasteiger partial charge in [-0.2, -0.15) is 5.10 Å². The van der Waals surface area contributed by atoms with Gasteiger partial charge in [0.15, 0.2) is 0 Å². The molecule has 134 valence electrons. The second-order valence-electron chi connectivity index (χ2n) is 7.49. The number of hydrogen-bond acceptors (Lipinski definition) is 5. The van der Waals surface area contributed by atoms with Crippen molar-refractivity contribution in [3.63, 3.8) is 0 Å². The Bertz CT molecular complexity index is 566. The molecule has 3 fully saturated rings. The molecule has 0 saturated carbocycles. The van der Waals surface area contributed by atoms with Crippen LogP contribution in [0.1, 0.15) is 36.9 Å². The van der Waals surface area contributed by atoms with Gasteiger partial charge < -0.3 is 15.0 Å². The summed E-state index contributed by atoms with van der Waals surface area (Å²) in [7, 11) is 2.07. The van der Waals surface area contributed by atoms with Gasteiger partial charge >= 0.3 is 0 Å². The molecule has 2 unspecified atom stereocenters. The molecule has 1 aromatic rings. The Morgan fingerprint density at radius 1 is 1.12 bits per heavy atom. The van der Waals surface area contributed by atoms with E-state index in [1.807, 2.05) is 0 Å². The van der Waals surface area contributed by atoms with Crippen LogP contribution in [0.5, 0.6) is 0 Å². The van der Waals surface area contributed by atoms with Crippen LogP contribution in [0.15, 0.2) is 0 Å². The van der Waals surface area contributed by atoms with Gasteiger partial charge in [0.25, 0.3) is 0 Å². The summed E-state index contributed by atoms with van der Waals surface area (Å²) in [5.41, 5.74) is 2.53. The smallest absolute Gasteiger partial charge is 0.131 e. The molecule has 1 aromatic heterocycles. The molecule has 3 aliphatic rings. The summed E-state index contributed by atoms with van der Waals surface area (Å²) < 4.78 is 7.57. The molecular formula is C18H31N5O. The SMILES string of the molecule is Cc1nn(C)c(N2CCOCC2)c1CNC1CCN2CCCCC12. The quantitative estimate of drug-likeness (QED) is 0.899. The van der Waals surface area contributed by atoms with Gasteiger partial charge in [-0.3, -0.25) is 9.58 Å². The van der Waals surface area contributed by atoms with Crippen LogP contribution in [-0.2, 0) is 18.3 Å². The van der Waals surface area contributed by atoms with Gasteiger partial charge in [-0.25, -0.2) is 0 Å². The number of rotatable bonds is 4. The summed E-state index contributed by atoms with van der Waals surface area (Å²) in [6.07, 6.45) is 5.42. The summed E-state index contributed by atoms with van der Waals surface area (Å²) >= 11 is 0. The number of hydrogen-bond donors (Lipinski definition) is 1. The maximum absolute atomic E-state index is 5.52. The lowest BCUT2D eigenvalue weighted by Crippen LogP contribution is -2.45. The molecule has 3 aliphatic heterocycles. The van der Waals surface area contributed by atoms with Gasteiger partial charge in [-0.15, -0.1) is 0 Å². The van der Waals surface area contributed by atoms with E-state index in [0.29, 0.717) is 6.04 Å². The van der Waals surface area contributed by atoms with E-state index in [0.717, 1.165) is 44.6 Å². The Morgan fingerprint density at radius 2 is 1.96 bits per heavy atom. The number of aryl methyl sites for hydroxylation is 2. The number of aromatic nitrogens is 2. The highest BCUT2D eigenvalue weighted by molar-refractivity contribution is 5.50. The molecule has 2 atom stereocenters. The van der Waals surface area contributed by atoms with Crippen molar-refractivity contribution in [1.29, 1.82) is 0 Å². The van der Waals surface area contributed by atoms with Crippen molar-refractivity contribution >= 4 is 5.82 Å². The highest BCUT2D eigenvalue weighted by Crippen LogP contribution is 2.29. The Balaban J connectivity index is 1.46. The molecule has 6 nitrogen and oxygen atoms in total. The van der Waals surface area contributed by atoms with Gasteiger partial charge in [-0.05, 0) is 32.7 Å². The molecule has 24 heavy (non-hydrogen) atoms. The predicted molar refractivity (Wildman–Crippen MR) is 95.4 cm³/mol. The fourth-order valence-electron chi connectivity index (χ4n) is 4.79. The van der Waals surface area contributed by atoms with E-state index in [1.165, 1.54) is 50.2 Å². The third kappa shape index (κ3) is 3.07. The highest BCUT2D eigenvalue weighted by Gasteiger charge is 2.35. The third-order valence-corrected chi connectivity index (χ3v) is 6.02. The standard InChI is InChI=1S/C18H31N5O/c1-14-15(18(21(2)20-14)23-9-11-24-12-10-23)13-19-16-6-8-22-7-4-3-5-17(16)22/h16-17,19H,3-13H2,1-2H3. The Morgan fingerprint density at radius 3 is 2.79 bits per heavy atom. The zero-order chi connectivity index (χ0) is 16.5. The number of piperidine rings is 1. The zero-order valence-corrected chi connectivity index (χ0v) is 15.1. The lowest BCUT2D eigenvalue weighted by Gasteiger charge is -2.33. The fourth-order valence-corrected chi connectivity index (χ4v) is 4.79. The minimum absolute atomic E-state index is 0.641. The average molecular weight is 333 g/mol. The van der Waals surface area contributed by atoms with E-state index in [-0.39, 0.29) is 0 Å². The van der Waals surface area contributed by atoms with Crippen LogP contribution in [0.25, 0.3) is 0 Å². The van der Waals surface area contributed by atoms with Crippen LogP contribution in [0, 0.1) is 6.92 Å². The predicted octanol–water partition coefficient (Wildman–Crippen LogP) is 1.28. The zero-order valence-electron chi connectivity index (χ0n) is 15.1. The van der Waals surface area contributed by atoms with E-state index in [1.54, 1.807) is 0 Å². The van der Waals surface area contributed by atoms with Crippen molar-refractivity contribution in [2.75, 3.05) is 44.3 Å². The number of nitrogens with zero attached hydrogens (tertiary/aromatic N) is 4. The first-order chi connectivity index (χ1) is 11.7. The maximum Gasteiger partial charge on any atom is 0.131 e. The van der Waals surface area contributed by atoms with Gasteiger partial charge in [0.05, 0.1) is 18.9 Å². The van der Waals surface area contributed by atoms with E-state index in [2.05, 4.69) is 33.8 Å². The summed E-state index contributed by atoms with van der Waals surface area (Å²) in [4.78, 5) is 5.13. The second kappa shape index (κ2) is 7.02. The maximum atomic E-state index is 5.52.